The van der Waals surface area contributed by atoms with Crippen molar-refractivity contribution < 1.29 is 46.5 Å². The normalized spacial score (nSPS) is 15.7. The summed E-state index contributed by atoms with van der Waals surface area (Å²) in [6.45, 7) is 26.4. The minimum atomic E-state index is 0. The van der Waals surface area contributed by atoms with Gasteiger partial charge in [-0.05, 0) is 52.1 Å². The fourth-order valence-corrected chi connectivity index (χ4v) is 4.42. The molecule has 0 saturated carbocycles. The van der Waals surface area contributed by atoms with Gasteiger partial charge in [-0.3, -0.25) is 10.5 Å². The first-order chi connectivity index (χ1) is 13.7. The summed E-state index contributed by atoms with van der Waals surface area (Å²) in [7, 11) is 0. The second kappa shape index (κ2) is 17.4. The van der Waals surface area contributed by atoms with Crippen molar-refractivity contribution in [1.82, 2.24) is 9.80 Å². The maximum absolute atomic E-state index is 6.00. The van der Waals surface area contributed by atoms with E-state index in [-0.39, 0.29) is 45.5 Å². The van der Waals surface area contributed by atoms with Crippen LogP contribution < -0.4 is 0 Å². The molecule has 1 aromatic carbocycles. The maximum Gasteiger partial charge on any atom is 5.00 e. The molecule has 0 atom stereocenters. The average molecular weight is 618 g/mol. The monoisotopic (exact) mass is 617 g/mol. The largest absolute Gasteiger partial charge is 5.00 e. The Kier molecular flexibility index (Phi) is 20.5. The van der Waals surface area contributed by atoms with Gasteiger partial charge in [0.1, 0.15) is 0 Å². The van der Waals surface area contributed by atoms with Crippen molar-refractivity contribution in [3.05, 3.63) is 27.8 Å². The summed E-state index contributed by atoms with van der Waals surface area (Å²) in [5, 5.41) is 12.0. The van der Waals surface area contributed by atoms with Gasteiger partial charge in [0.05, 0.1) is 0 Å². The Balaban J connectivity index is -0.000000514. The van der Waals surface area contributed by atoms with Crippen LogP contribution in [0.2, 0.25) is 0 Å². The van der Waals surface area contributed by atoms with Crippen molar-refractivity contribution >= 4 is 25.3 Å². The molecular weight excluding hydrogens is 572 g/mol. The van der Waals surface area contributed by atoms with Gasteiger partial charge in [0, 0.05) is 0 Å². The number of hydrogen-bond acceptors (Lipinski definition) is 6. The fraction of sp³-hybridized carbons (Fsp3) is 0.792. The first-order valence-corrected chi connectivity index (χ1v) is 11.8. The molecule has 1 saturated heterocycles. The molecule has 0 amide bonds. The topological polar surface area (TPSA) is 46.9 Å². The zero-order valence-corrected chi connectivity index (χ0v) is 25.8. The molecule has 188 valence electrons. The van der Waals surface area contributed by atoms with Gasteiger partial charge in [0.25, 0.3) is 0 Å². The van der Waals surface area contributed by atoms with Gasteiger partial charge in [-0.1, -0.05) is 62.3 Å². The molecule has 2 N–H and O–H groups in total. The smallest absolute Gasteiger partial charge is 0.785 e. The number of hydrogen-bond donors (Lipinski definition) is 2. The van der Waals surface area contributed by atoms with Crippen molar-refractivity contribution in [3.63, 3.8) is 0 Å². The molecule has 0 spiro atoms. The van der Waals surface area contributed by atoms with Crippen LogP contribution in [0.3, 0.4) is 0 Å². The minimum Gasteiger partial charge on any atom is -0.785 e. The number of rotatable bonds is 4. The molecule has 2 radical (unpaired) electrons. The maximum atomic E-state index is 6.00. The van der Waals surface area contributed by atoms with E-state index in [1.807, 2.05) is 0 Å². The first kappa shape index (κ1) is 37.6. The van der Waals surface area contributed by atoms with E-state index >= 15 is 0 Å². The van der Waals surface area contributed by atoms with Gasteiger partial charge in [0.15, 0.2) is 0 Å². The van der Waals surface area contributed by atoms with Crippen LogP contribution in [-0.4, -0.2) is 69.1 Å². The van der Waals surface area contributed by atoms with Crippen LogP contribution in [-0.2, 0) is 61.2 Å². The molecule has 8 heteroatoms. The Morgan fingerprint density at radius 2 is 1.00 bits per heavy atom. The van der Waals surface area contributed by atoms with Crippen LogP contribution in [0.25, 0.3) is 0 Å². The first-order valence-electron chi connectivity index (χ1n) is 11.0. The third kappa shape index (κ3) is 15.1. The second-order valence-corrected chi connectivity index (χ2v) is 12.1. The predicted molar refractivity (Wildman–Crippen MR) is 136 cm³/mol. The van der Waals surface area contributed by atoms with Crippen molar-refractivity contribution in [2.45, 2.75) is 84.6 Å². The summed E-state index contributed by atoms with van der Waals surface area (Å²) in [6, 6.07) is 0. The Bertz CT molecular complexity index is 515. The molecule has 32 heavy (non-hydrogen) atoms. The van der Waals surface area contributed by atoms with E-state index in [2.05, 4.69) is 72.1 Å². The second-order valence-electron chi connectivity index (χ2n) is 9.90. The van der Waals surface area contributed by atoms with Crippen LogP contribution in [0.5, 0.6) is 0 Å². The third-order valence-corrected chi connectivity index (χ3v) is 6.18. The van der Waals surface area contributed by atoms with Gasteiger partial charge in [-0.25, -0.2) is 0 Å². The SMILES string of the molecule is CC(C)([S-])CN1CCCN(CC(C)(C)[S-])CCC1.Cc1c(C)c(C)[c-](C)c1C.OO.[Ni+3].[Ru+5]. The van der Waals surface area contributed by atoms with E-state index in [1.165, 1.54) is 66.8 Å². The zero-order chi connectivity index (χ0) is 23.7. The van der Waals surface area contributed by atoms with Crippen LogP contribution in [0.1, 0.15) is 68.4 Å². The molecule has 0 bridgehead atoms. The van der Waals surface area contributed by atoms with E-state index in [0.717, 1.165) is 13.1 Å². The quantitative estimate of drug-likeness (QED) is 0.163. The van der Waals surface area contributed by atoms with Crippen molar-refractivity contribution in [1.29, 1.82) is 0 Å². The van der Waals surface area contributed by atoms with E-state index in [0.29, 0.717) is 0 Å². The van der Waals surface area contributed by atoms with Crippen LogP contribution in [0, 0.1) is 34.6 Å². The van der Waals surface area contributed by atoms with Crippen molar-refractivity contribution in [3.8, 4) is 0 Å². The van der Waals surface area contributed by atoms with E-state index in [4.69, 9.17) is 35.8 Å². The Hall–Kier alpha value is 1.01. The molecule has 0 aromatic heterocycles. The van der Waals surface area contributed by atoms with Crippen molar-refractivity contribution in [2.24, 2.45) is 0 Å². The molecule has 1 aliphatic rings. The van der Waals surface area contributed by atoms with E-state index < -0.39 is 0 Å². The Labute approximate surface area is 232 Å². The molecule has 2 rings (SSSR count). The standard InChI is InChI=1S/C14H30N2S2.C10H15.Ni.H2O2.Ru/c1-13(2,17)11-15-7-5-9-16(10-6-8-15)12-14(3,4)18;1-6-7(2)9(4)10(5)8(6)3;;1-2;/h17-18H,5-12H2,1-4H3;1-5H3;;1-2H;/q;-1;+3;;+5/p-2. The third-order valence-electron chi connectivity index (χ3n) is 5.92. The van der Waals surface area contributed by atoms with E-state index in [1.54, 1.807) is 0 Å². The molecule has 1 aromatic rings. The zero-order valence-electron chi connectivity index (χ0n) is 21.4. The Morgan fingerprint density at radius 3 is 1.16 bits per heavy atom. The average Bonchev–Trinajstić information content (AvgIpc) is 2.77. The molecule has 0 unspecified atom stereocenters. The van der Waals surface area contributed by atoms with Gasteiger partial charge in [0.2, 0.25) is 0 Å². The van der Waals surface area contributed by atoms with Crippen LogP contribution >= 0.6 is 0 Å². The molecular formula is C24H45N2NiO2RuS2+5. The summed E-state index contributed by atoms with van der Waals surface area (Å²) in [6.07, 6.45) is 2.47. The van der Waals surface area contributed by atoms with Gasteiger partial charge < -0.3 is 35.1 Å². The summed E-state index contributed by atoms with van der Waals surface area (Å²) >= 11 is 10.9. The Morgan fingerprint density at radius 1 is 0.750 bits per heavy atom. The molecule has 1 heterocycles. The number of nitrogens with zero attached hydrogens (tertiary/aromatic N) is 2. The van der Waals surface area contributed by atoms with Crippen molar-refractivity contribution in [2.75, 3.05) is 39.3 Å². The molecule has 0 aliphatic carbocycles. The van der Waals surface area contributed by atoms with Gasteiger partial charge in [-0.2, -0.15) is 27.8 Å². The predicted octanol–water partition coefficient (Wildman–Crippen LogP) is 5.00. The summed E-state index contributed by atoms with van der Waals surface area (Å²) in [5.41, 5.74) is 7.34. The van der Waals surface area contributed by atoms with E-state index in [9.17, 15) is 0 Å². The molecule has 1 fully saturated rings. The summed E-state index contributed by atoms with van der Waals surface area (Å²) < 4.78 is 0.00296. The summed E-state index contributed by atoms with van der Waals surface area (Å²) in [4.78, 5) is 5.06. The van der Waals surface area contributed by atoms with Gasteiger partial charge >= 0.3 is 36.0 Å². The van der Waals surface area contributed by atoms with Crippen LogP contribution in [0.15, 0.2) is 0 Å². The fourth-order valence-electron chi connectivity index (χ4n) is 4.06. The van der Waals surface area contributed by atoms with Gasteiger partial charge in [-0.15, -0.1) is 9.49 Å². The minimum absolute atomic E-state index is 0. The molecule has 1 aliphatic heterocycles. The molecule has 4 nitrogen and oxygen atoms in total. The van der Waals surface area contributed by atoms with Crippen LogP contribution in [0.4, 0.5) is 0 Å². The summed E-state index contributed by atoms with van der Waals surface area (Å²) in [5.74, 6) is 0.